The molecule has 0 saturated heterocycles. The minimum Gasteiger partial charge on any atom is -0.326 e. The number of aromatic amines is 1. The molecule has 2 amide bonds. The molecule has 7 nitrogen and oxygen atoms in total. The van der Waals surface area contributed by atoms with Crippen molar-refractivity contribution in [3.63, 3.8) is 0 Å². The van der Waals surface area contributed by atoms with Crippen molar-refractivity contribution >= 4 is 23.2 Å². The maximum absolute atomic E-state index is 12.0. The lowest BCUT2D eigenvalue weighted by Crippen LogP contribution is -2.46. The van der Waals surface area contributed by atoms with E-state index in [1.54, 1.807) is 0 Å². The van der Waals surface area contributed by atoms with Crippen LogP contribution >= 0.6 is 11.3 Å². The van der Waals surface area contributed by atoms with Crippen LogP contribution in [0, 0.1) is 0 Å². The van der Waals surface area contributed by atoms with E-state index in [9.17, 15) is 14.4 Å². The number of amides is 2. The van der Waals surface area contributed by atoms with E-state index >= 15 is 0 Å². The first-order valence-corrected chi connectivity index (χ1v) is 6.40. The molecule has 3 N–H and O–H groups in total. The van der Waals surface area contributed by atoms with Crippen molar-refractivity contribution in [3.8, 4) is 0 Å². The van der Waals surface area contributed by atoms with Crippen LogP contribution in [0.4, 0.5) is 10.6 Å². The second kappa shape index (κ2) is 4.09. The van der Waals surface area contributed by atoms with Crippen LogP contribution in [0.1, 0.15) is 16.5 Å². The molecule has 2 aromatic rings. The van der Waals surface area contributed by atoms with Crippen molar-refractivity contribution in [2.24, 2.45) is 7.05 Å². The molecule has 0 spiro atoms. The molecule has 98 valence electrons. The number of fused-ring (bicyclic) bond motifs is 1. The van der Waals surface area contributed by atoms with E-state index < -0.39 is 23.3 Å². The van der Waals surface area contributed by atoms with E-state index in [1.807, 2.05) is 17.5 Å². The zero-order valence-electron chi connectivity index (χ0n) is 9.89. The average molecular weight is 278 g/mol. The second-order valence-corrected chi connectivity index (χ2v) is 5.11. The Bertz CT molecular complexity index is 759. The minimum absolute atomic E-state index is 0.232. The molecule has 0 fully saturated rings. The van der Waals surface area contributed by atoms with Crippen molar-refractivity contribution in [1.82, 2.24) is 14.9 Å². The largest absolute Gasteiger partial charge is 0.329 e. The molecule has 0 aliphatic carbocycles. The highest BCUT2D eigenvalue weighted by Crippen LogP contribution is 2.30. The van der Waals surface area contributed by atoms with Crippen LogP contribution in [-0.2, 0) is 7.05 Å². The summed E-state index contributed by atoms with van der Waals surface area (Å²) in [4.78, 5) is 38.3. The average Bonchev–Trinajstić information content (AvgIpc) is 2.88. The third-order valence-corrected chi connectivity index (χ3v) is 3.92. The van der Waals surface area contributed by atoms with Crippen molar-refractivity contribution in [1.29, 1.82) is 0 Å². The fourth-order valence-corrected chi connectivity index (χ4v) is 2.86. The first-order chi connectivity index (χ1) is 9.08. The van der Waals surface area contributed by atoms with E-state index in [2.05, 4.69) is 15.6 Å². The Kier molecular flexibility index (Phi) is 2.53. The van der Waals surface area contributed by atoms with Crippen LogP contribution < -0.4 is 21.9 Å². The summed E-state index contributed by atoms with van der Waals surface area (Å²) in [5.74, 6) is 0.232. The lowest BCUT2D eigenvalue weighted by molar-refractivity contribution is 0.248. The summed E-state index contributed by atoms with van der Waals surface area (Å²) >= 11 is 1.43. The zero-order valence-corrected chi connectivity index (χ0v) is 10.7. The van der Waals surface area contributed by atoms with Gasteiger partial charge in [0.25, 0.3) is 5.56 Å². The first-order valence-electron chi connectivity index (χ1n) is 5.52. The molecule has 1 aliphatic heterocycles. The number of H-pyrrole nitrogens is 1. The quantitative estimate of drug-likeness (QED) is 0.702. The number of carbonyl (C=O) groups is 1. The number of rotatable bonds is 1. The normalized spacial score (nSPS) is 17.5. The van der Waals surface area contributed by atoms with E-state index in [4.69, 9.17) is 0 Å². The van der Waals surface area contributed by atoms with Gasteiger partial charge in [-0.25, -0.2) is 9.59 Å². The van der Waals surface area contributed by atoms with E-state index in [0.29, 0.717) is 5.56 Å². The highest BCUT2D eigenvalue weighted by Gasteiger charge is 2.31. The van der Waals surface area contributed by atoms with Crippen LogP contribution in [0.15, 0.2) is 27.1 Å². The SMILES string of the molecule is Cn1c2c(c(=O)[nH]c1=O)C(c1cccs1)NC(=O)N2. The fraction of sp³-hybridized carbons (Fsp3) is 0.182. The van der Waals surface area contributed by atoms with Crippen molar-refractivity contribution in [2.45, 2.75) is 6.04 Å². The summed E-state index contributed by atoms with van der Waals surface area (Å²) in [6, 6.07) is 2.69. The zero-order chi connectivity index (χ0) is 13.6. The molecule has 3 heterocycles. The van der Waals surface area contributed by atoms with Crippen LogP contribution in [0.3, 0.4) is 0 Å². The number of nitrogens with one attached hydrogen (secondary N) is 3. The first kappa shape index (κ1) is 11.7. The van der Waals surface area contributed by atoms with Gasteiger partial charge < -0.3 is 5.32 Å². The Morgan fingerprint density at radius 1 is 1.32 bits per heavy atom. The molecule has 2 aromatic heterocycles. The Balaban J connectivity index is 2.30. The number of urea groups is 1. The molecule has 1 aliphatic rings. The number of hydrogen-bond donors (Lipinski definition) is 3. The van der Waals surface area contributed by atoms with Gasteiger partial charge in [-0.3, -0.25) is 19.7 Å². The molecular formula is C11H10N4O3S. The van der Waals surface area contributed by atoms with Crippen molar-refractivity contribution in [3.05, 3.63) is 48.8 Å². The number of anilines is 1. The predicted molar refractivity (Wildman–Crippen MR) is 70.6 cm³/mol. The van der Waals surface area contributed by atoms with Gasteiger partial charge in [-0.05, 0) is 11.4 Å². The van der Waals surface area contributed by atoms with Gasteiger partial charge in [0.05, 0.1) is 11.6 Å². The predicted octanol–water partition coefficient (Wildman–Crippen LogP) is 0.360. The van der Waals surface area contributed by atoms with E-state index in [0.717, 1.165) is 4.88 Å². The number of thiophene rings is 1. The number of carbonyl (C=O) groups excluding carboxylic acids is 1. The number of aromatic nitrogens is 2. The summed E-state index contributed by atoms with van der Waals surface area (Å²) in [7, 11) is 1.49. The van der Waals surface area contributed by atoms with Crippen molar-refractivity contribution in [2.75, 3.05) is 5.32 Å². The molecule has 0 aromatic carbocycles. The second-order valence-electron chi connectivity index (χ2n) is 4.13. The van der Waals surface area contributed by atoms with Gasteiger partial charge >= 0.3 is 11.7 Å². The summed E-state index contributed by atoms with van der Waals surface area (Å²) < 4.78 is 1.22. The molecule has 3 rings (SSSR count). The van der Waals surface area contributed by atoms with Gasteiger partial charge in [0, 0.05) is 11.9 Å². The van der Waals surface area contributed by atoms with Gasteiger partial charge in [-0.2, -0.15) is 0 Å². The third kappa shape index (κ3) is 1.76. The third-order valence-electron chi connectivity index (χ3n) is 2.98. The van der Waals surface area contributed by atoms with Gasteiger partial charge in [0.1, 0.15) is 5.82 Å². The summed E-state index contributed by atoms with van der Waals surface area (Å²) in [5, 5.41) is 7.05. The van der Waals surface area contributed by atoms with Gasteiger partial charge in [0.15, 0.2) is 0 Å². The fourth-order valence-electron chi connectivity index (χ4n) is 2.07. The van der Waals surface area contributed by atoms with Gasteiger partial charge in [-0.15, -0.1) is 11.3 Å². The van der Waals surface area contributed by atoms with Crippen LogP contribution in [-0.4, -0.2) is 15.6 Å². The highest BCUT2D eigenvalue weighted by atomic mass is 32.1. The number of hydrogen-bond acceptors (Lipinski definition) is 4. The Hall–Kier alpha value is -2.35. The van der Waals surface area contributed by atoms with Crippen molar-refractivity contribution < 1.29 is 4.79 Å². The lowest BCUT2D eigenvalue weighted by Gasteiger charge is -2.26. The summed E-state index contributed by atoms with van der Waals surface area (Å²) in [5.41, 5.74) is -0.718. The maximum atomic E-state index is 12.0. The molecule has 0 saturated carbocycles. The highest BCUT2D eigenvalue weighted by molar-refractivity contribution is 7.10. The van der Waals surface area contributed by atoms with Crippen LogP contribution in [0.2, 0.25) is 0 Å². The van der Waals surface area contributed by atoms with E-state index in [1.165, 1.54) is 23.0 Å². The van der Waals surface area contributed by atoms with Crippen LogP contribution in [0.25, 0.3) is 0 Å². The smallest absolute Gasteiger partial charge is 0.326 e. The molecule has 0 radical (unpaired) electrons. The monoisotopic (exact) mass is 278 g/mol. The molecule has 1 atom stereocenters. The molecule has 8 heteroatoms. The van der Waals surface area contributed by atoms with Crippen LogP contribution in [0.5, 0.6) is 0 Å². The molecular weight excluding hydrogens is 268 g/mol. The molecule has 1 unspecified atom stereocenters. The number of nitrogens with zero attached hydrogens (tertiary/aromatic N) is 1. The van der Waals surface area contributed by atoms with Gasteiger partial charge in [-0.1, -0.05) is 6.07 Å². The Morgan fingerprint density at radius 2 is 2.11 bits per heavy atom. The van der Waals surface area contributed by atoms with E-state index in [-0.39, 0.29) is 5.82 Å². The summed E-state index contributed by atoms with van der Waals surface area (Å²) in [6.45, 7) is 0. The Labute approximate surface area is 110 Å². The Morgan fingerprint density at radius 3 is 2.79 bits per heavy atom. The lowest BCUT2D eigenvalue weighted by atomic mass is 10.1. The topological polar surface area (TPSA) is 96.0 Å². The summed E-state index contributed by atoms with van der Waals surface area (Å²) in [6.07, 6.45) is 0. The maximum Gasteiger partial charge on any atom is 0.329 e. The van der Waals surface area contributed by atoms with Gasteiger partial charge in [0.2, 0.25) is 0 Å². The minimum atomic E-state index is -0.559. The standard InChI is InChI=1S/C11H10N4O3S/c1-15-8-6(9(16)14-11(15)18)7(12-10(17)13-8)5-3-2-4-19-5/h2-4,7H,1H3,(H2,12,13,17)(H,14,16,18). The molecule has 19 heavy (non-hydrogen) atoms. The molecule has 0 bridgehead atoms.